The summed E-state index contributed by atoms with van der Waals surface area (Å²) in [5.74, 6) is -1.01. The molecule has 4 nitrogen and oxygen atoms in total. The molecular weight excluding hydrogens is 319 g/mol. The molecule has 0 saturated heterocycles. The van der Waals surface area contributed by atoms with Gasteiger partial charge in [-0.25, -0.2) is 4.39 Å². The smallest absolute Gasteiger partial charge is 0.251 e. The van der Waals surface area contributed by atoms with E-state index in [1.165, 1.54) is 12.1 Å². The molecule has 0 spiro atoms. The molecule has 0 fully saturated rings. The maximum absolute atomic E-state index is 12.8. The highest BCUT2D eigenvalue weighted by Crippen LogP contribution is 2.09. The number of halogens is 2. The Morgan fingerprint density at radius 2 is 1.70 bits per heavy atom. The molecule has 2 aromatic rings. The van der Waals surface area contributed by atoms with E-state index >= 15 is 0 Å². The van der Waals surface area contributed by atoms with E-state index in [2.05, 4.69) is 10.6 Å². The molecule has 23 heavy (non-hydrogen) atoms. The molecular formula is C17H16ClFN2O2. The molecule has 6 heteroatoms. The first kappa shape index (κ1) is 17.0. The fraction of sp³-hybridized carbons (Fsp3) is 0.176. The topological polar surface area (TPSA) is 58.2 Å². The Hall–Kier alpha value is -2.40. The third kappa shape index (κ3) is 5.07. The van der Waals surface area contributed by atoms with Crippen molar-refractivity contribution in [1.82, 2.24) is 10.6 Å². The lowest BCUT2D eigenvalue weighted by molar-refractivity contribution is -0.122. The quantitative estimate of drug-likeness (QED) is 0.883. The molecule has 2 rings (SSSR count). The molecule has 0 radical (unpaired) electrons. The molecule has 2 amide bonds. The van der Waals surface area contributed by atoms with E-state index in [4.69, 9.17) is 11.6 Å². The standard InChI is InChI=1S/C17H16ClFN2O2/c1-11(21-17(23)13-4-6-14(18)7-5-13)16(22)20-10-12-2-8-15(19)9-3-12/h2-9,11H,10H2,1H3,(H,20,22)(H,21,23). The van der Waals surface area contributed by atoms with Crippen LogP contribution in [0, 0.1) is 5.82 Å². The van der Waals surface area contributed by atoms with Crippen LogP contribution in [0.4, 0.5) is 4.39 Å². The van der Waals surface area contributed by atoms with Crippen LogP contribution in [-0.4, -0.2) is 17.9 Å². The molecule has 2 aromatic carbocycles. The van der Waals surface area contributed by atoms with Gasteiger partial charge in [0.05, 0.1) is 0 Å². The number of nitrogens with one attached hydrogen (secondary N) is 2. The van der Waals surface area contributed by atoms with E-state index < -0.39 is 6.04 Å². The van der Waals surface area contributed by atoms with Crippen molar-refractivity contribution in [2.75, 3.05) is 0 Å². The Morgan fingerprint density at radius 3 is 2.30 bits per heavy atom. The summed E-state index contributed by atoms with van der Waals surface area (Å²) in [4.78, 5) is 24.0. The summed E-state index contributed by atoms with van der Waals surface area (Å²) >= 11 is 5.76. The van der Waals surface area contributed by atoms with Crippen molar-refractivity contribution in [3.8, 4) is 0 Å². The number of hydrogen-bond donors (Lipinski definition) is 2. The van der Waals surface area contributed by atoms with E-state index in [0.717, 1.165) is 5.56 Å². The highest BCUT2D eigenvalue weighted by molar-refractivity contribution is 6.30. The first-order chi connectivity index (χ1) is 11.0. The summed E-state index contributed by atoms with van der Waals surface area (Å²) in [7, 11) is 0. The van der Waals surface area contributed by atoms with E-state index in [-0.39, 0.29) is 24.2 Å². The molecule has 2 N–H and O–H groups in total. The van der Waals surface area contributed by atoms with Gasteiger partial charge in [-0.15, -0.1) is 0 Å². The number of carbonyl (C=O) groups excluding carboxylic acids is 2. The van der Waals surface area contributed by atoms with E-state index in [1.807, 2.05) is 0 Å². The van der Waals surface area contributed by atoms with Gasteiger partial charge in [-0.05, 0) is 48.9 Å². The van der Waals surface area contributed by atoms with Gasteiger partial charge in [-0.1, -0.05) is 23.7 Å². The Balaban J connectivity index is 1.85. The average Bonchev–Trinajstić information content (AvgIpc) is 2.54. The van der Waals surface area contributed by atoms with E-state index in [9.17, 15) is 14.0 Å². The highest BCUT2D eigenvalue weighted by atomic mass is 35.5. The van der Waals surface area contributed by atoms with Crippen molar-refractivity contribution in [3.63, 3.8) is 0 Å². The maximum Gasteiger partial charge on any atom is 0.251 e. The van der Waals surface area contributed by atoms with E-state index in [0.29, 0.717) is 10.6 Å². The maximum atomic E-state index is 12.8. The Labute approximate surface area is 138 Å². The fourth-order valence-electron chi connectivity index (χ4n) is 1.89. The molecule has 1 atom stereocenters. The van der Waals surface area contributed by atoms with Gasteiger partial charge in [-0.3, -0.25) is 9.59 Å². The minimum atomic E-state index is -0.696. The largest absolute Gasteiger partial charge is 0.350 e. The first-order valence-electron chi connectivity index (χ1n) is 7.04. The van der Waals surface area contributed by atoms with Crippen molar-refractivity contribution < 1.29 is 14.0 Å². The summed E-state index contributed by atoms with van der Waals surface area (Å²) < 4.78 is 12.8. The minimum Gasteiger partial charge on any atom is -0.350 e. The molecule has 0 aliphatic carbocycles. The predicted octanol–water partition coefficient (Wildman–Crippen LogP) is 2.91. The Bertz CT molecular complexity index is 687. The van der Waals surface area contributed by atoms with Gasteiger partial charge in [0.25, 0.3) is 5.91 Å². The van der Waals surface area contributed by atoms with Gasteiger partial charge in [0.15, 0.2) is 0 Å². The number of hydrogen-bond acceptors (Lipinski definition) is 2. The van der Waals surface area contributed by atoms with Crippen LogP contribution in [0.2, 0.25) is 5.02 Å². The van der Waals surface area contributed by atoms with Gasteiger partial charge in [-0.2, -0.15) is 0 Å². The SMILES string of the molecule is CC(NC(=O)c1ccc(Cl)cc1)C(=O)NCc1ccc(F)cc1. The predicted molar refractivity (Wildman–Crippen MR) is 86.6 cm³/mol. The minimum absolute atomic E-state index is 0.264. The summed E-state index contributed by atoms with van der Waals surface area (Å²) in [5.41, 5.74) is 1.20. The molecule has 0 saturated carbocycles. The lowest BCUT2D eigenvalue weighted by atomic mass is 10.2. The lowest BCUT2D eigenvalue weighted by Gasteiger charge is -2.14. The van der Waals surface area contributed by atoms with Gasteiger partial charge in [0.2, 0.25) is 5.91 Å². The van der Waals surface area contributed by atoms with Crippen LogP contribution in [-0.2, 0) is 11.3 Å². The second-order valence-corrected chi connectivity index (χ2v) is 5.48. The fourth-order valence-corrected chi connectivity index (χ4v) is 2.02. The third-order valence-corrected chi connectivity index (χ3v) is 3.48. The number of benzene rings is 2. The average molecular weight is 335 g/mol. The lowest BCUT2D eigenvalue weighted by Crippen LogP contribution is -2.44. The van der Waals surface area contributed by atoms with Gasteiger partial charge in [0.1, 0.15) is 11.9 Å². The Kier molecular flexibility index (Phi) is 5.71. The zero-order valence-electron chi connectivity index (χ0n) is 12.5. The van der Waals surface area contributed by atoms with Crippen LogP contribution in [0.1, 0.15) is 22.8 Å². The Morgan fingerprint density at radius 1 is 1.09 bits per heavy atom. The molecule has 0 aliphatic rings. The van der Waals surface area contributed by atoms with Crippen molar-refractivity contribution in [2.24, 2.45) is 0 Å². The summed E-state index contributed by atoms with van der Waals surface area (Å²) in [5, 5.41) is 5.83. The molecule has 120 valence electrons. The summed E-state index contributed by atoms with van der Waals surface area (Å²) in [6.07, 6.45) is 0. The van der Waals surface area contributed by atoms with Gasteiger partial charge >= 0.3 is 0 Å². The van der Waals surface area contributed by atoms with Crippen molar-refractivity contribution in [1.29, 1.82) is 0 Å². The van der Waals surface area contributed by atoms with Crippen LogP contribution in [0.25, 0.3) is 0 Å². The molecule has 1 unspecified atom stereocenters. The number of amides is 2. The van der Waals surface area contributed by atoms with Crippen LogP contribution in [0.3, 0.4) is 0 Å². The van der Waals surface area contributed by atoms with Crippen LogP contribution in [0.5, 0.6) is 0 Å². The van der Waals surface area contributed by atoms with Crippen molar-refractivity contribution in [2.45, 2.75) is 19.5 Å². The monoisotopic (exact) mass is 334 g/mol. The zero-order valence-corrected chi connectivity index (χ0v) is 13.2. The summed E-state index contributed by atoms with van der Waals surface area (Å²) in [6, 6.07) is 11.5. The van der Waals surface area contributed by atoms with Crippen LogP contribution < -0.4 is 10.6 Å². The molecule has 0 aromatic heterocycles. The van der Waals surface area contributed by atoms with Gasteiger partial charge in [0, 0.05) is 17.1 Å². The van der Waals surface area contributed by atoms with Crippen molar-refractivity contribution >= 4 is 23.4 Å². The van der Waals surface area contributed by atoms with Crippen molar-refractivity contribution in [3.05, 3.63) is 70.5 Å². The van der Waals surface area contributed by atoms with Crippen LogP contribution in [0.15, 0.2) is 48.5 Å². The summed E-state index contributed by atoms with van der Waals surface area (Å²) in [6.45, 7) is 1.86. The van der Waals surface area contributed by atoms with Gasteiger partial charge < -0.3 is 10.6 Å². The normalized spacial score (nSPS) is 11.6. The van der Waals surface area contributed by atoms with Crippen LogP contribution >= 0.6 is 11.6 Å². The zero-order chi connectivity index (χ0) is 16.8. The second-order valence-electron chi connectivity index (χ2n) is 5.05. The molecule has 0 bridgehead atoms. The number of carbonyl (C=O) groups is 2. The number of rotatable bonds is 5. The third-order valence-electron chi connectivity index (χ3n) is 3.23. The molecule has 0 heterocycles. The molecule has 0 aliphatic heterocycles. The second kappa shape index (κ2) is 7.74. The van der Waals surface area contributed by atoms with E-state index in [1.54, 1.807) is 43.3 Å². The first-order valence-corrected chi connectivity index (χ1v) is 7.42. The highest BCUT2D eigenvalue weighted by Gasteiger charge is 2.16.